The minimum atomic E-state index is -0.681. The van der Waals surface area contributed by atoms with Gasteiger partial charge in [-0.25, -0.2) is 4.79 Å². The third-order valence-corrected chi connectivity index (χ3v) is 4.86. The van der Waals surface area contributed by atoms with E-state index in [4.69, 9.17) is 5.73 Å². The fourth-order valence-corrected chi connectivity index (χ4v) is 3.66. The summed E-state index contributed by atoms with van der Waals surface area (Å²) in [6.45, 7) is 4.90. The van der Waals surface area contributed by atoms with Gasteiger partial charge in [-0.3, -0.25) is 0 Å². The van der Waals surface area contributed by atoms with Gasteiger partial charge >= 0.3 is 6.09 Å². The minimum absolute atomic E-state index is 0.415. The van der Waals surface area contributed by atoms with Crippen LogP contribution in [0.4, 0.5) is 4.79 Å². The van der Waals surface area contributed by atoms with Crippen LogP contribution < -0.4 is 5.73 Å². The van der Waals surface area contributed by atoms with Gasteiger partial charge in [0.1, 0.15) is 6.61 Å². The number of unbranched alkanes of at least 4 members (excludes halogenated alkanes) is 1. The Kier molecular flexibility index (Phi) is 11.4. The molecular formula is C11H23NO2S2. The first-order chi connectivity index (χ1) is 7.70. The van der Waals surface area contributed by atoms with E-state index in [1.54, 1.807) is 10.8 Å². The molecule has 0 aromatic rings. The predicted molar refractivity (Wildman–Crippen MR) is 73.8 cm³/mol. The maximum absolute atomic E-state index is 10.3. The zero-order valence-electron chi connectivity index (χ0n) is 10.2. The van der Waals surface area contributed by atoms with E-state index in [1.807, 2.05) is 10.8 Å². The smallest absolute Gasteiger partial charge is 0.404 e. The molecular weight excluding hydrogens is 242 g/mol. The lowest BCUT2D eigenvalue weighted by molar-refractivity contribution is 0.164. The van der Waals surface area contributed by atoms with E-state index in [2.05, 4.69) is 18.6 Å². The molecule has 2 N–H and O–H groups in total. The van der Waals surface area contributed by atoms with Crippen molar-refractivity contribution in [1.82, 2.24) is 0 Å². The van der Waals surface area contributed by atoms with Gasteiger partial charge in [0, 0.05) is 11.5 Å². The molecule has 0 bridgehead atoms. The Morgan fingerprint density at radius 1 is 1.38 bits per heavy atom. The summed E-state index contributed by atoms with van der Waals surface area (Å²) in [6.07, 6.45) is 4.51. The quantitative estimate of drug-likeness (QED) is 0.483. The Morgan fingerprint density at radius 2 is 2.12 bits per heavy atom. The standard InChI is InChI=1S/C11H23NO2S2/c1-3-5-6-10(4-2)9-16-15-8-7-14-11(12)13/h10H,3-9H2,1-2H3,(H2,12,13). The molecule has 96 valence electrons. The number of ether oxygens (including phenoxy) is 1. The lowest BCUT2D eigenvalue weighted by Gasteiger charge is -2.12. The summed E-state index contributed by atoms with van der Waals surface area (Å²) < 4.78 is 4.64. The van der Waals surface area contributed by atoms with Gasteiger partial charge in [-0.05, 0) is 12.3 Å². The summed E-state index contributed by atoms with van der Waals surface area (Å²) in [6, 6.07) is 0. The van der Waals surface area contributed by atoms with Crippen molar-refractivity contribution in [3.63, 3.8) is 0 Å². The average molecular weight is 265 g/mol. The third kappa shape index (κ3) is 10.5. The number of nitrogens with two attached hydrogens (primary N) is 1. The molecule has 5 heteroatoms. The van der Waals surface area contributed by atoms with Gasteiger partial charge in [-0.15, -0.1) is 0 Å². The highest BCUT2D eigenvalue weighted by Crippen LogP contribution is 2.27. The van der Waals surface area contributed by atoms with Gasteiger partial charge in [-0.1, -0.05) is 54.7 Å². The van der Waals surface area contributed by atoms with Crippen LogP contribution in [-0.2, 0) is 4.74 Å². The summed E-state index contributed by atoms with van der Waals surface area (Å²) in [7, 11) is 3.63. The molecule has 0 fully saturated rings. The van der Waals surface area contributed by atoms with Gasteiger partial charge in [0.15, 0.2) is 0 Å². The molecule has 0 aromatic carbocycles. The van der Waals surface area contributed by atoms with Crippen molar-refractivity contribution < 1.29 is 9.53 Å². The molecule has 1 amide bonds. The van der Waals surface area contributed by atoms with Crippen LogP contribution in [-0.4, -0.2) is 24.2 Å². The molecule has 16 heavy (non-hydrogen) atoms. The second kappa shape index (κ2) is 11.5. The molecule has 0 aliphatic carbocycles. The van der Waals surface area contributed by atoms with Gasteiger partial charge < -0.3 is 10.5 Å². The summed E-state index contributed by atoms with van der Waals surface area (Å²) in [4.78, 5) is 10.3. The fraction of sp³-hybridized carbons (Fsp3) is 0.909. The van der Waals surface area contributed by atoms with Gasteiger partial charge in [0.05, 0.1) is 0 Å². The Hall–Kier alpha value is -0.0300. The van der Waals surface area contributed by atoms with Gasteiger partial charge in [-0.2, -0.15) is 0 Å². The zero-order valence-corrected chi connectivity index (χ0v) is 11.9. The van der Waals surface area contributed by atoms with Crippen molar-refractivity contribution in [1.29, 1.82) is 0 Å². The minimum Gasteiger partial charge on any atom is -0.449 e. The van der Waals surface area contributed by atoms with Crippen molar-refractivity contribution in [3.05, 3.63) is 0 Å². The van der Waals surface area contributed by atoms with Crippen molar-refractivity contribution in [3.8, 4) is 0 Å². The van der Waals surface area contributed by atoms with E-state index in [0.717, 1.165) is 11.7 Å². The molecule has 1 atom stereocenters. The Morgan fingerprint density at radius 3 is 2.69 bits per heavy atom. The third-order valence-electron chi connectivity index (χ3n) is 2.34. The number of hydrogen-bond donors (Lipinski definition) is 1. The number of primary amides is 1. The normalized spacial score (nSPS) is 12.4. The zero-order chi connectivity index (χ0) is 12.2. The summed E-state index contributed by atoms with van der Waals surface area (Å²) in [5.74, 6) is 2.84. The van der Waals surface area contributed by atoms with Crippen molar-refractivity contribution in [2.75, 3.05) is 18.1 Å². The first-order valence-electron chi connectivity index (χ1n) is 5.87. The Labute approximate surface area is 107 Å². The maximum atomic E-state index is 10.3. The van der Waals surface area contributed by atoms with Crippen molar-refractivity contribution in [2.24, 2.45) is 11.7 Å². The molecule has 0 radical (unpaired) electrons. The van der Waals surface area contributed by atoms with E-state index in [0.29, 0.717) is 6.61 Å². The van der Waals surface area contributed by atoms with E-state index >= 15 is 0 Å². The molecule has 3 nitrogen and oxygen atoms in total. The lowest BCUT2D eigenvalue weighted by atomic mass is 10.0. The average Bonchev–Trinajstić information content (AvgIpc) is 2.26. The van der Waals surface area contributed by atoms with Crippen LogP contribution in [0.2, 0.25) is 0 Å². The van der Waals surface area contributed by atoms with E-state index < -0.39 is 6.09 Å². The second-order valence-corrected chi connectivity index (χ2v) is 6.32. The Balaban J connectivity index is 3.30. The van der Waals surface area contributed by atoms with Gasteiger partial charge in [0.25, 0.3) is 0 Å². The van der Waals surface area contributed by atoms with Crippen LogP contribution in [0, 0.1) is 5.92 Å². The number of hydrogen-bond acceptors (Lipinski definition) is 4. The highest BCUT2D eigenvalue weighted by Gasteiger charge is 2.05. The van der Waals surface area contributed by atoms with Crippen LogP contribution in [0.25, 0.3) is 0 Å². The molecule has 0 aliphatic heterocycles. The largest absolute Gasteiger partial charge is 0.449 e. The highest BCUT2D eigenvalue weighted by atomic mass is 33.1. The molecule has 0 saturated heterocycles. The van der Waals surface area contributed by atoms with Gasteiger partial charge in [0.2, 0.25) is 0 Å². The molecule has 0 heterocycles. The summed E-state index contributed by atoms with van der Waals surface area (Å²) in [5.41, 5.74) is 4.85. The van der Waals surface area contributed by atoms with Crippen LogP contribution in [0.3, 0.4) is 0 Å². The van der Waals surface area contributed by atoms with Crippen LogP contribution in [0.15, 0.2) is 0 Å². The molecule has 1 unspecified atom stereocenters. The monoisotopic (exact) mass is 265 g/mol. The van der Waals surface area contributed by atoms with E-state index in [9.17, 15) is 4.79 Å². The molecule has 0 rings (SSSR count). The number of rotatable bonds is 10. The summed E-state index contributed by atoms with van der Waals surface area (Å²) in [5, 5.41) is 0. The highest BCUT2D eigenvalue weighted by molar-refractivity contribution is 8.76. The number of carbonyl (C=O) groups excluding carboxylic acids is 1. The van der Waals surface area contributed by atoms with E-state index in [-0.39, 0.29) is 0 Å². The lowest BCUT2D eigenvalue weighted by Crippen LogP contribution is -2.14. The predicted octanol–water partition coefficient (Wildman–Crippen LogP) is 3.68. The van der Waals surface area contributed by atoms with Crippen LogP contribution >= 0.6 is 21.6 Å². The van der Waals surface area contributed by atoms with E-state index in [1.165, 1.54) is 31.4 Å². The maximum Gasteiger partial charge on any atom is 0.404 e. The number of carbonyl (C=O) groups is 1. The Bertz CT molecular complexity index is 179. The molecule has 0 saturated carbocycles. The SMILES string of the molecule is CCCCC(CC)CSSCCOC(N)=O. The molecule has 0 aromatic heterocycles. The second-order valence-electron chi connectivity index (χ2n) is 3.69. The summed E-state index contributed by atoms with van der Waals surface area (Å²) >= 11 is 0. The van der Waals surface area contributed by atoms with Crippen LogP contribution in [0.1, 0.15) is 39.5 Å². The molecule has 0 aliphatic rings. The van der Waals surface area contributed by atoms with Crippen molar-refractivity contribution >= 4 is 27.7 Å². The first-order valence-corrected chi connectivity index (χ1v) is 8.36. The topological polar surface area (TPSA) is 52.3 Å². The van der Waals surface area contributed by atoms with Crippen LogP contribution in [0.5, 0.6) is 0 Å². The number of amides is 1. The molecule has 0 spiro atoms. The van der Waals surface area contributed by atoms with Crippen molar-refractivity contribution in [2.45, 2.75) is 39.5 Å². The first kappa shape index (κ1) is 16.0. The fourth-order valence-electron chi connectivity index (χ4n) is 1.28.